The van der Waals surface area contributed by atoms with Gasteiger partial charge in [0.15, 0.2) is 0 Å². The monoisotopic (exact) mass is 293 g/mol. The molecule has 0 radical (unpaired) electrons. The van der Waals surface area contributed by atoms with Crippen molar-refractivity contribution in [3.8, 4) is 6.07 Å². The van der Waals surface area contributed by atoms with Crippen LogP contribution in [-0.2, 0) is 9.59 Å². The van der Waals surface area contributed by atoms with E-state index in [9.17, 15) is 9.59 Å². The van der Waals surface area contributed by atoms with Gasteiger partial charge in [-0.15, -0.1) is 0 Å². The molecule has 6 heteroatoms. The lowest BCUT2D eigenvalue weighted by atomic mass is 10.0. The number of amides is 1. The van der Waals surface area contributed by atoms with Crippen LogP contribution in [-0.4, -0.2) is 41.0 Å². The lowest BCUT2D eigenvalue weighted by Crippen LogP contribution is -2.42. The van der Waals surface area contributed by atoms with Crippen LogP contribution >= 0.6 is 0 Å². The molecular formula is C15H23N3O3. The summed E-state index contributed by atoms with van der Waals surface area (Å²) in [5.74, 6) is -1.55. The molecule has 0 bridgehead atoms. The fourth-order valence-corrected chi connectivity index (χ4v) is 2.30. The van der Waals surface area contributed by atoms with Crippen LogP contribution in [0.4, 0.5) is 0 Å². The summed E-state index contributed by atoms with van der Waals surface area (Å²) in [7, 11) is 0. The van der Waals surface area contributed by atoms with Gasteiger partial charge in [-0.2, -0.15) is 5.26 Å². The molecule has 0 saturated carbocycles. The summed E-state index contributed by atoms with van der Waals surface area (Å²) in [6.45, 7) is 5.42. The van der Waals surface area contributed by atoms with Crippen LogP contribution in [0.3, 0.4) is 0 Å². The first-order valence-electron chi connectivity index (χ1n) is 7.33. The number of likely N-dealkylation sites (tertiary alicyclic amines) is 1. The standard InChI is InChI=1S/C15H23N3O3/c1-11(2)8-13(15(20)21)17-14(19)12(9-16)10-18-6-4-3-5-7-18/h10-11,13H,3-8H2,1-2H3,(H,17,19)(H,20,21)/b12-10-. The quantitative estimate of drug-likeness (QED) is 0.571. The fraction of sp³-hybridized carbons (Fsp3) is 0.667. The third-order valence-electron chi connectivity index (χ3n) is 3.38. The van der Waals surface area contributed by atoms with Gasteiger partial charge in [0, 0.05) is 19.3 Å². The summed E-state index contributed by atoms with van der Waals surface area (Å²) in [4.78, 5) is 25.1. The van der Waals surface area contributed by atoms with E-state index in [0.29, 0.717) is 6.42 Å². The predicted molar refractivity (Wildman–Crippen MR) is 78.1 cm³/mol. The highest BCUT2D eigenvalue weighted by molar-refractivity contribution is 5.99. The maximum absolute atomic E-state index is 12.1. The smallest absolute Gasteiger partial charge is 0.326 e. The Morgan fingerprint density at radius 2 is 1.95 bits per heavy atom. The molecule has 0 aromatic heterocycles. The van der Waals surface area contributed by atoms with E-state index in [1.165, 1.54) is 0 Å². The summed E-state index contributed by atoms with van der Waals surface area (Å²) < 4.78 is 0. The Hall–Kier alpha value is -2.03. The molecule has 21 heavy (non-hydrogen) atoms. The van der Waals surface area contributed by atoms with Crippen molar-refractivity contribution in [3.05, 3.63) is 11.8 Å². The predicted octanol–water partition coefficient (Wildman–Crippen LogP) is 1.50. The van der Waals surface area contributed by atoms with Crippen LogP contribution in [0.5, 0.6) is 0 Å². The fourth-order valence-electron chi connectivity index (χ4n) is 2.30. The van der Waals surface area contributed by atoms with Gasteiger partial charge in [0.25, 0.3) is 5.91 Å². The van der Waals surface area contributed by atoms with E-state index in [1.807, 2.05) is 24.8 Å². The van der Waals surface area contributed by atoms with Crippen molar-refractivity contribution >= 4 is 11.9 Å². The van der Waals surface area contributed by atoms with Gasteiger partial charge in [0.05, 0.1) is 0 Å². The molecule has 116 valence electrons. The number of nitrogens with one attached hydrogen (secondary N) is 1. The van der Waals surface area contributed by atoms with Crippen molar-refractivity contribution in [2.45, 2.75) is 45.6 Å². The van der Waals surface area contributed by atoms with Gasteiger partial charge in [0.2, 0.25) is 0 Å². The van der Waals surface area contributed by atoms with E-state index in [-0.39, 0.29) is 11.5 Å². The second-order valence-electron chi connectivity index (χ2n) is 5.75. The molecule has 0 aromatic carbocycles. The number of hydrogen-bond acceptors (Lipinski definition) is 4. The topological polar surface area (TPSA) is 93.4 Å². The molecule has 1 rings (SSSR count). The first kappa shape index (κ1) is 17.0. The van der Waals surface area contributed by atoms with Gasteiger partial charge >= 0.3 is 5.97 Å². The molecule has 1 saturated heterocycles. The first-order valence-corrected chi connectivity index (χ1v) is 7.33. The molecule has 1 fully saturated rings. The summed E-state index contributed by atoms with van der Waals surface area (Å²) in [5.41, 5.74) is -0.0353. The van der Waals surface area contributed by atoms with Crippen molar-refractivity contribution in [1.29, 1.82) is 5.26 Å². The molecule has 1 heterocycles. The molecule has 0 spiro atoms. The minimum Gasteiger partial charge on any atom is -0.480 e. The van der Waals surface area contributed by atoms with E-state index in [2.05, 4.69) is 5.32 Å². The van der Waals surface area contributed by atoms with E-state index in [1.54, 1.807) is 6.20 Å². The molecule has 1 unspecified atom stereocenters. The average molecular weight is 293 g/mol. The van der Waals surface area contributed by atoms with Gasteiger partial charge in [-0.05, 0) is 31.6 Å². The molecule has 0 aromatic rings. The Bertz CT molecular complexity index is 446. The molecule has 1 aliphatic rings. The van der Waals surface area contributed by atoms with E-state index in [4.69, 9.17) is 10.4 Å². The van der Waals surface area contributed by atoms with Gasteiger partial charge in [-0.25, -0.2) is 4.79 Å². The number of carboxylic acid groups (broad SMARTS) is 1. The van der Waals surface area contributed by atoms with Crippen molar-refractivity contribution in [1.82, 2.24) is 10.2 Å². The van der Waals surface area contributed by atoms with E-state index < -0.39 is 17.9 Å². The number of piperidine rings is 1. The highest BCUT2D eigenvalue weighted by Gasteiger charge is 2.23. The van der Waals surface area contributed by atoms with Gasteiger partial charge in [0.1, 0.15) is 17.7 Å². The van der Waals surface area contributed by atoms with E-state index in [0.717, 1.165) is 32.4 Å². The molecule has 1 aliphatic heterocycles. The van der Waals surface area contributed by atoms with Gasteiger partial charge in [-0.3, -0.25) is 4.79 Å². The van der Waals surface area contributed by atoms with Gasteiger partial charge < -0.3 is 15.3 Å². The zero-order valence-electron chi connectivity index (χ0n) is 12.6. The number of carboxylic acids is 1. The van der Waals surface area contributed by atoms with Crippen LogP contribution in [0.1, 0.15) is 39.5 Å². The second kappa shape index (κ2) is 8.30. The maximum Gasteiger partial charge on any atom is 0.326 e. The number of nitrogens with zero attached hydrogens (tertiary/aromatic N) is 2. The SMILES string of the molecule is CC(C)CC(NC(=O)/C(C#N)=C\N1CCCCC1)C(=O)O. The van der Waals surface area contributed by atoms with Crippen LogP contribution < -0.4 is 5.32 Å². The number of aliphatic carboxylic acids is 1. The summed E-state index contributed by atoms with van der Waals surface area (Å²) in [6.07, 6.45) is 5.13. The van der Waals surface area contributed by atoms with Crippen LogP contribution in [0.15, 0.2) is 11.8 Å². The minimum absolute atomic E-state index is 0.0353. The second-order valence-corrected chi connectivity index (χ2v) is 5.75. The third-order valence-corrected chi connectivity index (χ3v) is 3.38. The molecule has 6 nitrogen and oxygen atoms in total. The number of rotatable bonds is 6. The summed E-state index contributed by atoms with van der Waals surface area (Å²) in [5, 5.41) is 20.7. The summed E-state index contributed by atoms with van der Waals surface area (Å²) in [6, 6.07) is 0.899. The summed E-state index contributed by atoms with van der Waals surface area (Å²) >= 11 is 0. The third kappa shape index (κ3) is 5.86. The maximum atomic E-state index is 12.1. The van der Waals surface area contributed by atoms with Crippen LogP contribution in [0.2, 0.25) is 0 Å². The Morgan fingerprint density at radius 1 is 1.33 bits per heavy atom. The van der Waals surface area contributed by atoms with Crippen LogP contribution in [0, 0.1) is 17.2 Å². The Labute approximate surface area is 125 Å². The number of hydrogen-bond donors (Lipinski definition) is 2. The average Bonchev–Trinajstić information content (AvgIpc) is 2.44. The molecular weight excluding hydrogens is 270 g/mol. The number of nitriles is 1. The normalized spacial score (nSPS) is 17.2. The highest BCUT2D eigenvalue weighted by atomic mass is 16.4. The zero-order valence-corrected chi connectivity index (χ0v) is 12.6. The zero-order chi connectivity index (χ0) is 15.8. The van der Waals surface area contributed by atoms with Crippen molar-refractivity contribution in [3.63, 3.8) is 0 Å². The largest absolute Gasteiger partial charge is 0.480 e. The molecule has 0 aliphatic carbocycles. The Morgan fingerprint density at radius 3 is 2.43 bits per heavy atom. The van der Waals surface area contributed by atoms with E-state index >= 15 is 0 Å². The highest BCUT2D eigenvalue weighted by Crippen LogP contribution is 2.11. The lowest BCUT2D eigenvalue weighted by Gasteiger charge is -2.25. The first-order chi connectivity index (χ1) is 9.93. The molecule has 1 amide bonds. The number of carbonyl (C=O) groups is 2. The minimum atomic E-state index is -1.08. The molecule has 2 N–H and O–H groups in total. The van der Waals surface area contributed by atoms with Crippen molar-refractivity contribution < 1.29 is 14.7 Å². The van der Waals surface area contributed by atoms with Gasteiger partial charge in [-0.1, -0.05) is 13.8 Å². The Kier molecular flexibility index (Phi) is 6.73. The van der Waals surface area contributed by atoms with Crippen molar-refractivity contribution in [2.24, 2.45) is 5.92 Å². The lowest BCUT2D eigenvalue weighted by molar-refractivity contribution is -0.141. The molecule has 1 atom stereocenters. The van der Waals surface area contributed by atoms with Crippen molar-refractivity contribution in [2.75, 3.05) is 13.1 Å². The number of carbonyl (C=O) groups excluding carboxylic acids is 1. The Balaban J connectivity index is 2.71. The van der Waals surface area contributed by atoms with Crippen LogP contribution in [0.25, 0.3) is 0 Å².